The quantitative estimate of drug-likeness (QED) is 0.566. The summed E-state index contributed by atoms with van der Waals surface area (Å²) in [5.41, 5.74) is 0.848. The van der Waals surface area contributed by atoms with E-state index in [1.54, 1.807) is 6.92 Å². The molecule has 0 aliphatic heterocycles. The molecule has 0 atom stereocenters. The Morgan fingerprint density at radius 3 is 2.60 bits per heavy atom. The number of nitrogens with two attached hydrogens (primary N) is 1. The first-order chi connectivity index (χ1) is 9.38. The van der Waals surface area contributed by atoms with Gasteiger partial charge < -0.3 is 9.84 Å². The molecule has 2 aromatic heterocycles. The van der Waals surface area contributed by atoms with E-state index in [1.807, 2.05) is 5.43 Å². The Labute approximate surface area is 110 Å². The number of nitrogen functional groups attached to an aromatic ring is 1. The van der Waals surface area contributed by atoms with Crippen molar-refractivity contribution in [2.75, 3.05) is 10.7 Å². The molecule has 0 aliphatic rings. The minimum Gasteiger partial charge on any atom is -0.361 e. The van der Waals surface area contributed by atoms with Gasteiger partial charge in [0.2, 0.25) is 11.8 Å². The fourth-order valence-corrected chi connectivity index (χ4v) is 1.33. The van der Waals surface area contributed by atoms with Crippen molar-refractivity contribution in [3.8, 4) is 0 Å². The maximum atomic E-state index is 12.6. The fraction of sp³-hybridized carbons (Fsp3) is 0.333. The molecule has 0 saturated carbocycles. The number of hydrogen-bond donors (Lipinski definition) is 3. The molecule has 0 bridgehead atoms. The Hall–Kier alpha value is -2.43. The first-order valence-electron chi connectivity index (χ1n) is 5.34. The van der Waals surface area contributed by atoms with Crippen LogP contribution in [0.25, 0.3) is 0 Å². The summed E-state index contributed by atoms with van der Waals surface area (Å²) in [6.07, 6.45) is -4.61. The molecule has 0 radical (unpaired) electrons. The van der Waals surface area contributed by atoms with Crippen molar-refractivity contribution in [2.24, 2.45) is 5.84 Å². The van der Waals surface area contributed by atoms with Gasteiger partial charge in [-0.2, -0.15) is 23.1 Å². The van der Waals surface area contributed by atoms with Gasteiger partial charge in [-0.05, 0) is 6.92 Å². The van der Waals surface area contributed by atoms with Gasteiger partial charge in [0.05, 0.1) is 6.54 Å². The highest BCUT2D eigenvalue weighted by Gasteiger charge is 2.33. The summed E-state index contributed by atoms with van der Waals surface area (Å²) >= 11 is 0. The Balaban J connectivity index is 2.18. The number of anilines is 2. The van der Waals surface area contributed by atoms with Crippen LogP contribution in [0.2, 0.25) is 0 Å². The van der Waals surface area contributed by atoms with Crippen LogP contribution in [0, 0.1) is 6.92 Å². The molecular weight excluding hydrogens is 279 g/mol. The molecular formula is C9H10F3N7O. The van der Waals surface area contributed by atoms with Gasteiger partial charge in [-0.1, -0.05) is 5.16 Å². The molecule has 11 heteroatoms. The third-order valence-electron chi connectivity index (χ3n) is 2.14. The van der Waals surface area contributed by atoms with Crippen LogP contribution in [0.5, 0.6) is 0 Å². The predicted octanol–water partition coefficient (Wildman–Crippen LogP) is 1.08. The smallest absolute Gasteiger partial charge is 0.361 e. The molecule has 4 N–H and O–H groups in total. The number of halogens is 3. The van der Waals surface area contributed by atoms with Gasteiger partial charge in [0, 0.05) is 6.07 Å². The van der Waals surface area contributed by atoms with Gasteiger partial charge in [0.15, 0.2) is 11.5 Å². The molecule has 0 saturated heterocycles. The van der Waals surface area contributed by atoms with Gasteiger partial charge in [-0.25, -0.2) is 10.8 Å². The minimum absolute atomic E-state index is 0.0269. The average Bonchev–Trinajstić information content (AvgIpc) is 2.81. The van der Waals surface area contributed by atoms with E-state index < -0.39 is 11.9 Å². The molecule has 2 aromatic rings. The number of hydrogen-bond acceptors (Lipinski definition) is 8. The van der Waals surface area contributed by atoms with Crippen LogP contribution < -0.4 is 16.6 Å². The number of alkyl halides is 3. The van der Waals surface area contributed by atoms with Crippen molar-refractivity contribution in [1.29, 1.82) is 0 Å². The maximum absolute atomic E-state index is 12.6. The highest BCUT2D eigenvalue weighted by molar-refractivity contribution is 5.42. The fourth-order valence-electron chi connectivity index (χ4n) is 1.33. The van der Waals surface area contributed by atoms with Crippen molar-refractivity contribution >= 4 is 11.8 Å². The molecule has 0 unspecified atom stereocenters. The molecule has 0 spiro atoms. The van der Waals surface area contributed by atoms with Gasteiger partial charge in [-0.15, -0.1) is 0 Å². The highest BCUT2D eigenvalue weighted by Crippen LogP contribution is 2.29. The Bertz CT molecular complexity index is 597. The van der Waals surface area contributed by atoms with Gasteiger partial charge in [0.1, 0.15) is 5.82 Å². The largest absolute Gasteiger partial charge is 0.433 e. The van der Waals surface area contributed by atoms with Crippen LogP contribution in [0.1, 0.15) is 17.4 Å². The number of nitrogens with one attached hydrogen (secondary N) is 2. The van der Waals surface area contributed by atoms with Crippen molar-refractivity contribution in [3.05, 3.63) is 23.5 Å². The van der Waals surface area contributed by atoms with Crippen LogP contribution in [-0.2, 0) is 12.7 Å². The molecule has 8 nitrogen and oxygen atoms in total. The first kappa shape index (κ1) is 14.0. The molecule has 20 heavy (non-hydrogen) atoms. The van der Waals surface area contributed by atoms with E-state index in [1.165, 1.54) is 0 Å². The van der Waals surface area contributed by atoms with Crippen LogP contribution >= 0.6 is 0 Å². The van der Waals surface area contributed by atoms with Crippen LogP contribution in [0.4, 0.5) is 24.9 Å². The third kappa shape index (κ3) is 3.32. The molecule has 0 amide bonds. The monoisotopic (exact) mass is 289 g/mol. The lowest BCUT2D eigenvalue weighted by Gasteiger charge is -2.10. The zero-order valence-corrected chi connectivity index (χ0v) is 10.2. The Morgan fingerprint density at radius 2 is 2.05 bits per heavy atom. The summed E-state index contributed by atoms with van der Waals surface area (Å²) in [6.45, 7) is 1.65. The van der Waals surface area contributed by atoms with Crippen molar-refractivity contribution in [3.63, 3.8) is 0 Å². The number of hydrazine groups is 1. The van der Waals surface area contributed by atoms with E-state index in [9.17, 15) is 13.2 Å². The van der Waals surface area contributed by atoms with E-state index in [2.05, 4.69) is 25.4 Å². The van der Waals surface area contributed by atoms with E-state index >= 15 is 0 Å². The van der Waals surface area contributed by atoms with Crippen molar-refractivity contribution < 1.29 is 17.7 Å². The molecule has 0 aromatic carbocycles. The summed E-state index contributed by atoms with van der Waals surface area (Å²) in [7, 11) is 0. The van der Waals surface area contributed by atoms with E-state index in [-0.39, 0.29) is 24.2 Å². The highest BCUT2D eigenvalue weighted by atomic mass is 19.4. The number of aryl methyl sites for hydroxylation is 1. The van der Waals surface area contributed by atoms with Gasteiger partial charge >= 0.3 is 6.18 Å². The van der Waals surface area contributed by atoms with E-state index in [0.29, 0.717) is 5.82 Å². The van der Waals surface area contributed by atoms with E-state index in [4.69, 9.17) is 10.4 Å². The Kier molecular flexibility index (Phi) is 3.70. The normalized spacial score (nSPS) is 11.4. The molecule has 2 heterocycles. The minimum atomic E-state index is -4.61. The molecule has 108 valence electrons. The average molecular weight is 289 g/mol. The first-order valence-corrected chi connectivity index (χ1v) is 5.34. The predicted molar refractivity (Wildman–Crippen MR) is 61.2 cm³/mol. The molecule has 2 rings (SSSR count). The topological polar surface area (TPSA) is 115 Å². The van der Waals surface area contributed by atoms with Crippen LogP contribution in [0.15, 0.2) is 10.6 Å². The summed E-state index contributed by atoms with van der Waals surface area (Å²) in [4.78, 5) is 10.9. The van der Waals surface area contributed by atoms with Crippen molar-refractivity contribution in [1.82, 2.24) is 20.1 Å². The lowest BCUT2D eigenvalue weighted by Crippen LogP contribution is -2.16. The number of nitrogens with zero attached hydrogens (tertiary/aromatic N) is 4. The van der Waals surface area contributed by atoms with Crippen LogP contribution in [-0.4, -0.2) is 20.1 Å². The summed E-state index contributed by atoms with van der Waals surface area (Å²) in [5.74, 6) is 5.24. The van der Waals surface area contributed by atoms with Crippen molar-refractivity contribution in [2.45, 2.75) is 19.6 Å². The number of aromatic nitrogens is 4. The van der Waals surface area contributed by atoms with Gasteiger partial charge in [0.25, 0.3) is 0 Å². The SMILES string of the molecule is Cc1noc(CNc2cc(C(F)(F)F)nc(NN)n2)n1. The Morgan fingerprint density at radius 1 is 1.30 bits per heavy atom. The second-order valence-electron chi connectivity index (χ2n) is 3.69. The lowest BCUT2D eigenvalue weighted by atomic mass is 10.3. The lowest BCUT2D eigenvalue weighted by molar-refractivity contribution is -0.141. The maximum Gasteiger partial charge on any atom is 0.433 e. The summed E-state index contributed by atoms with van der Waals surface area (Å²) in [6, 6.07) is 0.754. The zero-order chi connectivity index (χ0) is 14.8. The summed E-state index contributed by atoms with van der Waals surface area (Å²) in [5, 5.41) is 6.17. The van der Waals surface area contributed by atoms with E-state index in [0.717, 1.165) is 6.07 Å². The second kappa shape index (κ2) is 5.28. The standard InChI is InChI=1S/C9H10F3N7O/c1-4-15-7(20-19-4)3-14-6-2-5(9(10,11)12)16-8(17-6)18-13/h2H,3,13H2,1H3,(H2,14,16,17,18). The zero-order valence-electron chi connectivity index (χ0n) is 10.2. The molecule has 0 fully saturated rings. The second-order valence-corrected chi connectivity index (χ2v) is 3.69. The third-order valence-corrected chi connectivity index (χ3v) is 2.14. The van der Waals surface area contributed by atoms with Gasteiger partial charge in [-0.3, -0.25) is 5.43 Å². The van der Waals surface area contributed by atoms with Crippen LogP contribution in [0.3, 0.4) is 0 Å². The molecule has 0 aliphatic carbocycles. The summed E-state index contributed by atoms with van der Waals surface area (Å²) < 4.78 is 42.7. The number of rotatable bonds is 4.